The summed E-state index contributed by atoms with van der Waals surface area (Å²) >= 11 is 0. The molecule has 0 aromatic carbocycles. The minimum atomic E-state index is -0.851. The van der Waals surface area contributed by atoms with Crippen molar-refractivity contribution in [2.24, 2.45) is 0 Å². The molecule has 4 heteroatoms. The Bertz CT molecular complexity index is 782. The molecule has 0 saturated heterocycles. The number of carbonyl (C=O) groups is 1. The summed E-state index contributed by atoms with van der Waals surface area (Å²) in [6, 6.07) is -0.636. The maximum Gasteiger partial charge on any atom is 0.220 e. The minimum Gasteiger partial charge on any atom is -0.394 e. The number of rotatable bonds is 34. The molecule has 0 rings (SSSR count). The van der Waals surface area contributed by atoms with Crippen LogP contribution in [0, 0.1) is 0 Å². The van der Waals surface area contributed by atoms with Crippen LogP contribution in [0.5, 0.6) is 0 Å². The highest BCUT2D eigenvalue weighted by molar-refractivity contribution is 5.76. The molecular formula is C42H75NO3. The fourth-order valence-electron chi connectivity index (χ4n) is 5.52. The second-order valence-corrected chi connectivity index (χ2v) is 13.0. The number of allylic oxidation sites excluding steroid dienone is 9. The van der Waals surface area contributed by atoms with Gasteiger partial charge >= 0.3 is 0 Å². The van der Waals surface area contributed by atoms with Gasteiger partial charge in [-0.15, -0.1) is 0 Å². The van der Waals surface area contributed by atoms with E-state index in [0.29, 0.717) is 6.42 Å². The molecule has 46 heavy (non-hydrogen) atoms. The lowest BCUT2D eigenvalue weighted by molar-refractivity contribution is -0.123. The molecule has 0 fully saturated rings. The second kappa shape index (κ2) is 37.5. The lowest BCUT2D eigenvalue weighted by atomic mass is 10.0. The van der Waals surface area contributed by atoms with E-state index in [-0.39, 0.29) is 12.5 Å². The van der Waals surface area contributed by atoms with Crippen LogP contribution in [0.1, 0.15) is 181 Å². The van der Waals surface area contributed by atoms with Gasteiger partial charge in [-0.3, -0.25) is 4.79 Å². The van der Waals surface area contributed by atoms with Crippen molar-refractivity contribution >= 4 is 5.91 Å². The van der Waals surface area contributed by atoms with Crippen molar-refractivity contribution in [2.75, 3.05) is 6.61 Å². The van der Waals surface area contributed by atoms with E-state index in [2.05, 4.69) is 67.8 Å². The quantitative estimate of drug-likeness (QED) is 0.0483. The van der Waals surface area contributed by atoms with Crippen molar-refractivity contribution < 1.29 is 15.0 Å². The van der Waals surface area contributed by atoms with Gasteiger partial charge in [-0.2, -0.15) is 0 Å². The van der Waals surface area contributed by atoms with Crippen molar-refractivity contribution in [3.63, 3.8) is 0 Å². The van der Waals surface area contributed by atoms with Crippen LogP contribution in [0.25, 0.3) is 0 Å². The Morgan fingerprint density at radius 3 is 1.43 bits per heavy atom. The average Bonchev–Trinajstić information content (AvgIpc) is 3.06. The molecule has 2 unspecified atom stereocenters. The van der Waals surface area contributed by atoms with Crippen molar-refractivity contribution in [1.29, 1.82) is 0 Å². The molecule has 2 atom stereocenters. The first-order chi connectivity index (χ1) is 22.7. The topological polar surface area (TPSA) is 69.6 Å². The summed E-state index contributed by atoms with van der Waals surface area (Å²) in [6.45, 7) is 4.17. The van der Waals surface area contributed by atoms with E-state index in [1.807, 2.05) is 6.08 Å². The monoisotopic (exact) mass is 642 g/mol. The molecule has 1 amide bonds. The van der Waals surface area contributed by atoms with Gasteiger partial charge in [0.25, 0.3) is 0 Å². The predicted molar refractivity (Wildman–Crippen MR) is 202 cm³/mol. The van der Waals surface area contributed by atoms with E-state index in [1.165, 1.54) is 89.9 Å². The van der Waals surface area contributed by atoms with Crippen LogP contribution >= 0.6 is 0 Å². The van der Waals surface area contributed by atoms with Gasteiger partial charge in [0.1, 0.15) is 0 Å². The summed E-state index contributed by atoms with van der Waals surface area (Å²) in [5.74, 6) is -0.0899. The number of amides is 1. The number of aliphatic hydroxyl groups is 2. The van der Waals surface area contributed by atoms with Crippen LogP contribution in [0.15, 0.2) is 60.8 Å². The zero-order chi connectivity index (χ0) is 33.6. The molecule has 0 bridgehead atoms. The number of hydrogen-bond acceptors (Lipinski definition) is 3. The summed E-state index contributed by atoms with van der Waals surface area (Å²) in [6.07, 6.45) is 51.6. The number of unbranched alkanes of at least 4 members (excludes halogenated alkanes) is 19. The molecule has 0 spiro atoms. The highest BCUT2D eigenvalue weighted by Crippen LogP contribution is 2.14. The SMILES string of the molecule is CC/C=C\C/C=C\C/C=C\C/C=C\CCCCCCC(=O)NC(CO)C(O)/C=C/CCCCCCCCCCCCCCCCC. The number of aliphatic hydroxyl groups excluding tert-OH is 2. The van der Waals surface area contributed by atoms with Gasteiger partial charge in [0, 0.05) is 6.42 Å². The molecule has 0 aliphatic carbocycles. The zero-order valence-corrected chi connectivity index (χ0v) is 30.3. The van der Waals surface area contributed by atoms with Crippen LogP contribution in [-0.2, 0) is 4.79 Å². The summed E-state index contributed by atoms with van der Waals surface area (Å²) in [4.78, 5) is 12.3. The average molecular weight is 642 g/mol. The maximum atomic E-state index is 12.3. The fourth-order valence-corrected chi connectivity index (χ4v) is 5.52. The van der Waals surface area contributed by atoms with Crippen LogP contribution in [0.3, 0.4) is 0 Å². The Labute approximate surface area is 286 Å². The van der Waals surface area contributed by atoms with Gasteiger partial charge in [-0.1, -0.05) is 177 Å². The Kier molecular flexibility index (Phi) is 36.0. The Hall–Kier alpha value is -1.91. The van der Waals surface area contributed by atoms with Crippen molar-refractivity contribution in [3.05, 3.63) is 60.8 Å². The van der Waals surface area contributed by atoms with E-state index < -0.39 is 12.1 Å². The van der Waals surface area contributed by atoms with E-state index in [1.54, 1.807) is 6.08 Å². The number of hydrogen-bond donors (Lipinski definition) is 3. The highest BCUT2D eigenvalue weighted by Gasteiger charge is 2.17. The first-order valence-corrected chi connectivity index (χ1v) is 19.5. The molecule has 0 aliphatic rings. The summed E-state index contributed by atoms with van der Waals surface area (Å²) < 4.78 is 0. The lowest BCUT2D eigenvalue weighted by Gasteiger charge is -2.20. The van der Waals surface area contributed by atoms with Gasteiger partial charge in [0.05, 0.1) is 18.8 Å². The van der Waals surface area contributed by atoms with Crippen LogP contribution < -0.4 is 5.32 Å². The Morgan fingerprint density at radius 1 is 0.543 bits per heavy atom. The van der Waals surface area contributed by atoms with Gasteiger partial charge in [-0.25, -0.2) is 0 Å². The van der Waals surface area contributed by atoms with E-state index in [4.69, 9.17) is 0 Å². The maximum absolute atomic E-state index is 12.3. The largest absolute Gasteiger partial charge is 0.394 e. The van der Waals surface area contributed by atoms with E-state index in [0.717, 1.165) is 70.6 Å². The van der Waals surface area contributed by atoms with Crippen molar-refractivity contribution in [1.82, 2.24) is 5.32 Å². The third-order valence-electron chi connectivity index (χ3n) is 8.51. The minimum absolute atomic E-state index is 0.0899. The molecule has 0 radical (unpaired) electrons. The Balaban J connectivity index is 3.68. The molecule has 0 aromatic heterocycles. The highest BCUT2D eigenvalue weighted by atomic mass is 16.3. The zero-order valence-electron chi connectivity index (χ0n) is 30.3. The summed E-state index contributed by atoms with van der Waals surface area (Å²) in [7, 11) is 0. The standard InChI is InChI=1S/C42H75NO3/c1-3-5-7-9-11-13-15-17-19-21-23-25-27-29-31-33-35-37-41(45)40(39-44)43-42(46)38-36-34-32-30-28-26-24-22-20-18-16-14-12-10-8-6-4-2/h6,8,12,14,18,20,24,26,35,37,40-41,44-45H,3-5,7,9-11,13,15-17,19,21-23,25,27-34,36,38-39H2,1-2H3,(H,43,46)/b8-6-,14-12-,20-18-,26-24-,37-35+. The first kappa shape index (κ1) is 44.1. The third kappa shape index (κ3) is 33.5. The molecule has 0 aliphatic heterocycles. The van der Waals surface area contributed by atoms with Crippen LogP contribution in [-0.4, -0.2) is 34.9 Å². The Morgan fingerprint density at radius 2 is 0.957 bits per heavy atom. The normalized spacial score (nSPS) is 13.7. The van der Waals surface area contributed by atoms with E-state index >= 15 is 0 Å². The van der Waals surface area contributed by atoms with Crippen LogP contribution in [0.4, 0.5) is 0 Å². The van der Waals surface area contributed by atoms with Crippen molar-refractivity contribution in [2.45, 2.75) is 193 Å². The smallest absolute Gasteiger partial charge is 0.220 e. The number of nitrogens with one attached hydrogen (secondary N) is 1. The molecule has 4 nitrogen and oxygen atoms in total. The van der Waals surface area contributed by atoms with Crippen molar-refractivity contribution in [3.8, 4) is 0 Å². The summed E-state index contributed by atoms with van der Waals surface area (Å²) in [5, 5.41) is 22.9. The first-order valence-electron chi connectivity index (χ1n) is 19.5. The molecule has 0 heterocycles. The van der Waals surface area contributed by atoms with Gasteiger partial charge < -0.3 is 15.5 Å². The number of carbonyl (C=O) groups excluding carboxylic acids is 1. The fraction of sp³-hybridized carbons (Fsp3) is 0.738. The van der Waals surface area contributed by atoms with Gasteiger partial charge in [0.15, 0.2) is 0 Å². The predicted octanol–water partition coefficient (Wildman–Crippen LogP) is 11.8. The molecule has 0 saturated carbocycles. The third-order valence-corrected chi connectivity index (χ3v) is 8.51. The molecular weight excluding hydrogens is 566 g/mol. The molecule has 3 N–H and O–H groups in total. The van der Waals surface area contributed by atoms with Gasteiger partial charge in [-0.05, 0) is 57.8 Å². The second-order valence-electron chi connectivity index (χ2n) is 13.0. The molecule has 0 aromatic rings. The lowest BCUT2D eigenvalue weighted by Crippen LogP contribution is -2.45. The summed E-state index contributed by atoms with van der Waals surface area (Å²) in [5.41, 5.74) is 0. The van der Waals surface area contributed by atoms with E-state index in [9.17, 15) is 15.0 Å². The van der Waals surface area contributed by atoms with Crippen LogP contribution in [0.2, 0.25) is 0 Å². The molecule has 266 valence electrons. The van der Waals surface area contributed by atoms with Gasteiger partial charge in [0.2, 0.25) is 5.91 Å².